The summed E-state index contributed by atoms with van der Waals surface area (Å²) in [6, 6.07) is 14.8. The van der Waals surface area contributed by atoms with Crippen LogP contribution < -0.4 is 0 Å². The van der Waals surface area contributed by atoms with Crippen LogP contribution in [0.25, 0.3) is 22.6 Å². The van der Waals surface area contributed by atoms with Crippen LogP contribution in [0.3, 0.4) is 0 Å². The van der Waals surface area contributed by atoms with E-state index in [0.29, 0.717) is 0 Å². The third kappa shape index (κ3) is 2.77. The molecule has 3 aromatic rings. The maximum Gasteiger partial charge on any atom is 0.159 e. The fourth-order valence-corrected chi connectivity index (χ4v) is 2.64. The van der Waals surface area contributed by atoms with Crippen molar-refractivity contribution in [1.82, 2.24) is 9.97 Å². The molecule has 0 aliphatic heterocycles. The lowest BCUT2D eigenvalue weighted by molar-refractivity contribution is 1.14. The van der Waals surface area contributed by atoms with Gasteiger partial charge in [-0.2, -0.15) is 0 Å². The molecule has 0 N–H and O–H groups in total. The van der Waals surface area contributed by atoms with Gasteiger partial charge in [0.2, 0.25) is 0 Å². The van der Waals surface area contributed by atoms with E-state index in [2.05, 4.69) is 75.1 Å². The minimum atomic E-state index is 0.778. The van der Waals surface area contributed by atoms with E-state index in [4.69, 9.17) is 4.98 Å². The number of nitrogens with zero attached hydrogens (tertiary/aromatic N) is 2. The van der Waals surface area contributed by atoms with Crippen molar-refractivity contribution in [1.29, 1.82) is 0 Å². The molecule has 0 radical (unpaired) electrons. The molecule has 2 aromatic carbocycles. The van der Waals surface area contributed by atoms with Crippen molar-refractivity contribution in [3.05, 3.63) is 70.9 Å². The lowest BCUT2D eigenvalue weighted by Gasteiger charge is -2.11. The molecule has 0 unspecified atom stereocenters. The Labute approximate surface area is 131 Å². The first-order chi connectivity index (χ1) is 10.5. The maximum atomic E-state index is 4.82. The normalized spacial score (nSPS) is 10.7. The maximum absolute atomic E-state index is 4.82. The fourth-order valence-electron chi connectivity index (χ4n) is 2.64. The summed E-state index contributed by atoms with van der Waals surface area (Å²) in [5.74, 6) is 0.778. The van der Waals surface area contributed by atoms with Crippen molar-refractivity contribution in [2.75, 3.05) is 0 Å². The molecular formula is C20H20N2. The van der Waals surface area contributed by atoms with Gasteiger partial charge in [-0.3, -0.25) is 0 Å². The van der Waals surface area contributed by atoms with Crippen LogP contribution in [0, 0.1) is 27.7 Å². The van der Waals surface area contributed by atoms with Gasteiger partial charge in [-0.15, -0.1) is 0 Å². The molecule has 1 heterocycles. The van der Waals surface area contributed by atoms with Crippen molar-refractivity contribution in [3.8, 4) is 22.6 Å². The van der Waals surface area contributed by atoms with Crippen molar-refractivity contribution >= 4 is 0 Å². The van der Waals surface area contributed by atoms with E-state index in [1.807, 2.05) is 6.20 Å². The van der Waals surface area contributed by atoms with E-state index in [1.165, 1.54) is 22.3 Å². The molecule has 0 bridgehead atoms. The summed E-state index contributed by atoms with van der Waals surface area (Å²) >= 11 is 0. The first kappa shape index (κ1) is 14.5. The molecule has 0 saturated heterocycles. The van der Waals surface area contributed by atoms with Crippen LogP contribution in [-0.2, 0) is 0 Å². The number of hydrogen-bond acceptors (Lipinski definition) is 2. The van der Waals surface area contributed by atoms with Crippen LogP contribution in [-0.4, -0.2) is 9.97 Å². The summed E-state index contributed by atoms with van der Waals surface area (Å²) in [5, 5.41) is 0. The molecular weight excluding hydrogens is 268 g/mol. The molecule has 1 aromatic heterocycles. The zero-order valence-electron chi connectivity index (χ0n) is 13.5. The van der Waals surface area contributed by atoms with E-state index in [0.717, 1.165) is 22.6 Å². The molecule has 0 atom stereocenters. The molecule has 3 rings (SSSR count). The summed E-state index contributed by atoms with van der Waals surface area (Å²) in [6.45, 7) is 8.39. The summed E-state index contributed by atoms with van der Waals surface area (Å²) < 4.78 is 0. The van der Waals surface area contributed by atoms with Gasteiger partial charge in [-0.25, -0.2) is 9.97 Å². The third-order valence-corrected chi connectivity index (χ3v) is 3.92. The highest BCUT2D eigenvalue weighted by molar-refractivity contribution is 5.69. The summed E-state index contributed by atoms with van der Waals surface area (Å²) in [7, 11) is 0. The molecule has 22 heavy (non-hydrogen) atoms. The van der Waals surface area contributed by atoms with Crippen LogP contribution >= 0.6 is 0 Å². The standard InChI is InChI=1S/C20H20N2/c1-13-5-8-17(9-6-13)20-21-12-16(4)19(22-20)18-10-7-14(2)11-15(18)3/h5-12H,1-4H3. The number of aromatic nitrogens is 2. The van der Waals surface area contributed by atoms with Gasteiger partial charge in [-0.05, 0) is 38.8 Å². The second kappa shape index (κ2) is 5.72. The lowest BCUT2D eigenvalue weighted by atomic mass is 10.0. The van der Waals surface area contributed by atoms with Gasteiger partial charge in [0.15, 0.2) is 5.82 Å². The molecule has 2 nitrogen and oxygen atoms in total. The van der Waals surface area contributed by atoms with Gasteiger partial charge >= 0.3 is 0 Å². The topological polar surface area (TPSA) is 25.8 Å². The minimum absolute atomic E-state index is 0.778. The number of hydrogen-bond donors (Lipinski definition) is 0. The Kier molecular flexibility index (Phi) is 3.76. The van der Waals surface area contributed by atoms with E-state index >= 15 is 0 Å². The zero-order valence-corrected chi connectivity index (χ0v) is 13.5. The van der Waals surface area contributed by atoms with Gasteiger partial charge in [0, 0.05) is 17.3 Å². The molecule has 0 spiro atoms. The van der Waals surface area contributed by atoms with Crippen molar-refractivity contribution in [2.24, 2.45) is 0 Å². The van der Waals surface area contributed by atoms with Crippen LogP contribution in [0.2, 0.25) is 0 Å². The first-order valence-electron chi connectivity index (χ1n) is 7.53. The monoisotopic (exact) mass is 288 g/mol. The van der Waals surface area contributed by atoms with Gasteiger partial charge in [-0.1, -0.05) is 53.6 Å². The molecule has 110 valence electrons. The van der Waals surface area contributed by atoms with Gasteiger partial charge in [0.25, 0.3) is 0 Å². The Morgan fingerprint density at radius 3 is 2.09 bits per heavy atom. The number of aryl methyl sites for hydroxylation is 4. The summed E-state index contributed by atoms with van der Waals surface area (Å²) in [6.07, 6.45) is 1.91. The van der Waals surface area contributed by atoms with Crippen LogP contribution in [0.4, 0.5) is 0 Å². The van der Waals surface area contributed by atoms with E-state index < -0.39 is 0 Å². The number of benzene rings is 2. The second-order valence-electron chi connectivity index (χ2n) is 5.91. The summed E-state index contributed by atoms with van der Waals surface area (Å²) in [4.78, 5) is 9.32. The zero-order chi connectivity index (χ0) is 15.7. The summed E-state index contributed by atoms with van der Waals surface area (Å²) in [5.41, 5.74) is 8.11. The average Bonchev–Trinajstić information content (AvgIpc) is 2.49. The number of rotatable bonds is 2. The van der Waals surface area contributed by atoms with Gasteiger partial charge in [0.05, 0.1) is 5.69 Å². The van der Waals surface area contributed by atoms with Crippen LogP contribution in [0.5, 0.6) is 0 Å². The van der Waals surface area contributed by atoms with Crippen molar-refractivity contribution < 1.29 is 0 Å². The Morgan fingerprint density at radius 1 is 0.727 bits per heavy atom. The van der Waals surface area contributed by atoms with Crippen LogP contribution in [0.1, 0.15) is 22.3 Å². The largest absolute Gasteiger partial charge is 0.236 e. The Bertz CT molecular complexity index is 818. The quantitative estimate of drug-likeness (QED) is 0.660. The Hall–Kier alpha value is -2.48. The predicted molar refractivity (Wildman–Crippen MR) is 91.9 cm³/mol. The highest BCUT2D eigenvalue weighted by atomic mass is 14.9. The third-order valence-electron chi connectivity index (χ3n) is 3.92. The smallest absolute Gasteiger partial charge is 0.159 e. The SMILES string of the molecule is Cc1ccc(-c2ncc(C)c(-c3ccc(C)cc3C)n2)cc1. The molecule has 0 fully saturated rings. The molecule has 2 heteroatoms. The average molecular weight is 288 g/mol. The molecule has 0 aliphatic rings. The van der Waals surface area contributed by atoms with E-state index in [-0.39, 0.29) is 0 Å². The van der Waals surface area contributed by atoms with Gasteiger partial charge < -0.3 is 0 Å². The minimum Gasteiger partial charge on any atom is -0.236 e. The van der Waals surface area contributed by atoms with Crippen molar-refractivity contribution in [3.63, 3.8) is 0 Å². The van der Waals surface area contributed by atoms with Crippen LogP contribution in [0.15, 0.2) is 48.7 Å². The second-order valence-corrected chi connectivity index (χ2v) is 5.91. The Balaban J connectivity index is 2.12. The fraction of sp³-hybridized carbons (Fsp3) is 0.200. The Morgan fingerprint density at radius 2 is 1.41 bits per heavy atom. The highest BCUT2D eigenvalue weighted by Gasteiger charge is 2.10. The van der Waals surface area contributed by atoms with E-state index in [9.17, 15) is 0 Å². The molecule has 0 amide bonds. The highest BCUT2D eigenvalue weighted by Crippen LogP contribution is 2.27. The van der Waals surface area contributed by atoms with Gasteiger partial charge in [0.1, 0.15) is 0 Å². The molecule has 0 saturated carbocycles. The predicted octanol–water partition coefficient (Wildman–Crippen LogP) is 5.04. The lowest BCUT2D eigenvalue weighted by Crippen LogP contribution is -1.97. The van der Waals surface area contributed by atoms with E-state index in [1.54, 1.807) is 0 Å². The van der Waals surface area contributed by atoms with Crippen molar-refractivity contribution in [2.45, 2.75) is 27.7 Å². The molecule has 0 aliphatic carbocycles. The first-order valence-corrected chi connectivity index (χ1v) is 7.53.